The van der Waals surface area contributed by atoms with Crippen molar-refractivity contribution in [3.8, 4) is 0 Å². The highest BCUT2D eigenvalue weighted by molar-refractivity contribution is 5.77. The first-order valence-corrected chi connectivity index (χ1v) is 8.57. The largest absolute Gasteiger partial charge is 0.444 e. The van der Waals surface area contributed by atoms with Gasteiger partial charge in [-0.3, -0.25) is 4.57 Å². The summed E-state index contributed by atoms with van der Waals surface area (Å²) in [6.07, 6.45) is 1.62. The zero-order chi connectivity index (χ0) is 18.2. The highest BCUT2D eigenvalue weighted by Crippen LogP contribution is 2.22. The van der Waals surface area contributed by atoms with Crippen molar-refractivity contribution in [2.24, 2.45) is 7.05 Å². The van der Waals surface area contributed by atoms with Gasteiger partial charge in [-0.25, -0.2) is 9.59 Å². The second-order valence-corrected chi connectivity index (χ2v) is 7.52. The number of oxazole rings is 1. The number of hydrogen-bond donors (Lipinski definition) is 1. The number of nitrogens with one attached hydrogen (secondary N) is 1. The van der Waals surface area contributed by atoms with Crippen molar-refractivity contribution in [2.45, 2.75) is 45.3 Å². The van der Waals surface area contributed by atoms with Crippen LogP contribution in [-0.2, 0) is 11.8 Å². The van der Waals surface area contributed by atoms with E-state index in [0.29, 0.717) is 18.7 Å². The van der Waals surface area contributed by atoms with Crippen molar-refractivity contribution < 1.29 is 13.9 Å². The molecule has 25 heavy (non-hydrogen) atoms. The summed E-state index contributed by atoms with van der Waals surface area (Å²) < 4.78 is 12.1. The van der Waals surface area contributed by atoms with Crippen LogP contribution in [0.15, 0.2) is 27.4 Å². The molecule has 1 aliphatic rings. The Morgan fingerprint density at radius 3 is 2.84 bits per heavy atom. The third kappa shape index (κ3) is 3.97. The molecular formula is C18H25N3O4. The second-order valence-electron chi connectivity index (χ2n) is 7.52. The molecule has 1 fully saturated rings. The third-order valence-corrected chi connectivity index (χ3v) is 4.24. The summed E-state index contributed by atoms with van der Waals surface area (Å²) in [6.45, 7) is 6.92. The number of anilines is 1. The van der Waals surface area contributed by atoms with E-state index in [1.807, 2.05) is 32.9 Å². The normalized spacial score (nSPS) is 18.4. The van der Waals surface area contributed by atoms with Crippen LogP contribution in [0, 0.1) is 0 Å². The van der Waals surface area contributed by atoms with Gasteiger partial charge >= 0.3 is 11.8 Å². The van der Waals surface area contributed by atoms with Crippen molar-refractivity contribution in [1.29, 1.82) is 0 Å². The van der Waals surface area contributed by atoms with Crippen molar-refractivity contribution >= 4 is 22.9 Å². The average Bonchev–Trinajstić information content (AvgIpc) is 2.81. The van der Waals surface area contributed by atoms with Gasteiger partial charge in [0.1, 0.15) is 5.60 Å². The number of amides is 1. The van der Waals surface area contributed by atoms with Gasteiger partial charge in [-0.1, -0.05) is 0 Å². The van der Waals surface area contributed by atoms with Crippen LogP contribution in [0.1, 0.15) is 33.6 Å². The van der Waals surface area contributed by atoms with Crippen LogP contribution in [0.4, 0.5) is 10.5 Å². The predicted molar refractivity (Wildman–Crippen MR) is 95.9 cm³/mol. The molecule has 0 bridgehead atoms. The lowest BCUT2D eigenvalue weighted by atomic mass is 10.1. The van der Waals surface area contributed by atoms with E-state index in [4.69, 9.17) is 9.15 Å². The summed E-state index contributed by atoms with van der Waals surface area (Å²) in [4.78, 5) is 25.6. The zero-order valence-corrected chi connectivity index (χ0v) is 15.2. The maximum absolute atomic E-state index is 12.3. The molecule has 3 rings (SSSR count). The van der Waals surface area contributed by atoms with E-state index in [2.05, 4.69) is 5.32 Å². The SMILES string of the molecule is Cn1c(=O)oc2ccc(N[C@H]3CCCN(C(=O)OC(C)(C)C)C3)cc21. The fourth-order valence-electron chi connectivity index (χ4n) is 3.04. The number of rotatable bonds is 2. The second kappa shape index (κ2) is 6.46. The van der Waals surface area contributed by atoms with Crippen LogP contribution in [-0.4, -0.2) is 40.3 Å². The van der Waals surface area contributed by atoms with Gasteiger partial charge in [0.25, 0.3) is 0 Å². The van der Waals surface area contributed by atoms with Crippen molar-refractivity contribution in [3.63, 3.8) is 0 Å². The number of aryl methyl sites for hydroxylation is 1. The molecule has 2 aromatic rings. The number of piperidine rings is 1. The van der Waals surface area contributed by atoms with Crippen LogP contribution in [0.3, 0.4) is 0 Å². The molecule has 7 nitrogen and oxygen atoms in total. The number of benzene rings is 1. The highest BCUT2D eigenvalue weighted by atomic mass is 16.6. The van der Waals surface area contributed by atoms with E-state index in [9.17, 15) is 9.59 Å². The number of ether oxygens (including phenoxy) is 1. The van der Waals surface area contributed by atoms with Gasteiger partial charge in [-0.05, 0) is 51.8 Å². The van der Waals surface area contributed by atoms with E-state index in [1.165, 1.54) is 4.57 Å². The van der Waals surface area contributed by atoms with E-state index in [0.717, 1.165) is 24.0 Å². The minimum atomic E-state index is -0.492. The molecule has 1 atom stereocenters. The Balaban J connectivity index is 1.69. The lowest BCUT2D eigenvalue weighted by molar-refractivity contribution is 0.0206. The molecule has 1 aliphatic heterocycles. The zero-order valence-electron chi connectivity index (χ0n) is 15.2. The summed E-state index contributed by atoms with van der Waals surface area (Å²) in [7, 11) is 1.68. The Morgan fingerprint density at radius 2 is 2.12 bits per heavy atom. The number of aromatic nitrogens is 1. The summed E-state index contributed by atoms with van der Waals surface area (Å²) in [5, 5.41) is 3.45. The van der Waals surface area contributed by atoms with Crippen molar-refractivity contribution in [1.82, 2.24) is 9.47 Å². The minimum Gasteiger partial charge on any atom is -0.444 e. The lowest BCUT2D eigenvalue weighted by Crippen LogP contribution is -2.46. The van der Waals surface area contributed by atoms with Gasteiger partial charge in [0.15, 0.2) is 5.58 Å². The Hall–Kier alpha value is -2.44. The first kappa shape index (κ1) is 17.4. The van der Waals surface area contributed by atoms with E-state index < -0.39 is 5.60 Å². The molecule has 1 saturated heterocycles. The summed E-state index contributed by atoms with van der Waals surface area (Å²) in [6, 6.07) is 5.71. The number of hydrogen-bond acceptors (Lipinski definition) is 5. The Morgan fingerprint density at radius 1 is 1.36 bits per heavy atom. The Labute approximate surface area is 146 Å². The molecule has 1 aromatic carbocycles. The quantitative estimate of drug-likeness (QED) is 0.904. The standard InChI is InChI=1S/C18H25N3O4/c1-18(2,3)25-17(23)21-9-5-6-13(11-21)19-12-7-8-15-14(10-12)20(4)16(22)24-15/h7-8,10,13,19H,5-6,9,11H2,1-4H3/t13-/m0/s1. The Bertz CT molecular complexity index is 831. The van der Waals surface area contributed by atoms with E-state index in [1.54, 1.807) is 18.0 Å². The molecule has 0 spiro atoms. The number of carbonyl (C=O) groups is 1. The van der Waals surface area contributed by atoms with Crippen LogP contribution in [0.5, 0.6) is 0 Å². The van der Waals surface area contributed by atoms with Crippen LogP contribution in [0.2, 0.25) is 0 Å². The van der Waals surface area contributed by atoms with Crippen LogP contribution >= 0.6 is 0 Å². The summed E-state index contributed by atoms with van der Waals surface area (Å²) in [5.41, 5.74) is 1.72. The number of nitrogens with zero attached hydrogens (tertiary/aromatic N) is 2. The molecule has 1 N–H and O–H groups in total. The maximum atomic E-state index is 12.3. The minimum absolute atomic E-state index is 0.141. The van der Waals surface area contributed by atoms with E-state index >= 15 is 0 Å². The predicted octanol–water partition coefficient (Wildman–Crippen LogP) is 2.94. The smallest absolute Gasteiger partial charge is 0.419 e. The molecule has 0 unspecified atom stereocenters. The fourth-order valence-corrected chi connectivity index (χ4v) is 3.04. The van der Waals surface area contributed by atoms with Gasteiger partial charge in [-0.2, -0.15) is 0 Å². The average molecular weight is 347 g/mol. The van der Waals surface area contributed by atoms with E-state index in [-0.39, 0.29) is 17.9 Å². The molecule has 136 valence electrons. The van der Waals surface area contributed by atoms with Gasteiger partial charge in [-0.15, -0.1) is 0 Å². The monoisotopic (exact) mass is 347 g/mol. The van der Waals surface area contributed by atoms with Gasteiger partial charge in [0, 0.05) is 31.9 Å². The maximum Gasteiger partial charge on any atom is 0.419 e. The molecule has 0 saturated carbocycles. The van der Waals surface area contributed by atoms with Gasteiger partial charge in [0.05, 0.1) is 5.52 Å². The molecule has 0 radical (unpaired) electrons. The summed E-state index contributed by atoms with van der Waals surface area (Å²) in [5.74, 6) is -0.374. The van der Waals surface area contributed by atoms with Crippen molar-refractivity contribution in [3.05, 3.63) is 28.7 Å². The lowest BCUT2D eigenvalue weighted by Gasteiger charge is -2.34. The van der Waals surface area contributed by atoms with Crippen LogP contribution < -0.4 is 11.1 Å². The molecule has 1 amide bonds. The fraction of sp³-hybridized carbons (Fsp3) is 0.556. The van der Waals surface area contributed by atoms with Gasteiger partial charge < -0.3 is 19.4 Å². The number of likely N-dealkylation sites (tertiary alicyclic amines) is 1. The molecule has 7 heteroatoms. The van der Waals surface area contributed by atoms with Crippen molar-refractivity contribution in [2.75, 3.05) is 18.4 Å². The Kier molecular flexibility index (Phi) is 4.49. The number of fused-ring (bicyclic) bond motifs is 1. The first-order chi connectivity index (χ1) is 11.7. The molecule has 0 aliphatic carbocycles. The molecule has 1 aromatic heterocycles. The molecular weight excluding hydrogens is 322 g/mol. The number of carbonyl (C=O) groups excluding carboxylic acids is 1. The molecule has 2 heterocycles. The van der Waals surface area contributed by atoms with Crippen LogP contribution in [0.25, 0.3) is 11.1 Å². The topological polar surface area (TPSA) is 76.7 Å². The highest BCUT2D eigenvalue weighted by Gasteiger charge is 2.27. The third-order valence-electron chi connectivity index (χ3n) is 4.24. The van der Waals surface area contributed by atoms with Gasteiger partial charge in [0.2, 0.25) is 0 Å². The first-order valence-electron chi connectivity index (χ1n) is 8.57. The summed E-state index contributed by atoms with van der Waals surface area (Å²) >= 11 is 0.